The number of fused-ring (bicyclic) bond motifs is 1. The first-order valence-corrected chi connectivity index (χ1v) is 8.19. The highest BCUT2D eigenvalue weighted by atomic mass is 35.5. The van der Waals surface area contributed by atoms with Crippen LogP contribution in [-0.2, 0) is 6.42 Å². The molecule has 0 spiro atoms. The Morgan fingerprint density at radius 3 is 2.65 bits per heavy atom. The number of allylic oxidation sites excluding steroid dienone is 1. The van der Waals surface area contributed by atoms with Gasteiger partial charge in [-0.05, 0) is 50.1 Å². The third kappa shape index (κ3) is 3.44. The number of nitrogens with one attached hydrogen (secondary N) is 1. The second kappa shape index (κ2) is 6.03. The van der Waals surface area contributed by atoms with Crippen molar-refractivity contribution in [1.29, 1.82) is 0 Å². The van der Waals surface area contributed by atoms with Gasteiger partial charge in [-0.2, -0.15) is 0 Å². The van der Waals surface area contributed by atoms with E-state index in [2.05, 4.69) is 19.2 Å². The molecule has 4 heteroatoms. The van der Waals surface area contributed by atoms with Crippen molar-refractivity contribution >= 4 is 34.7 Å². The van der Waals surface area contributed by atoms with Crippen LogP contribution >= 0.6 is 23.2 Å². The van der Waals surface area contributed by atoms with Crippen molar-refractivity contribution in [3.8, 4) is 0 Å². The summed E-state index contributed by atoms with van der Waals surface area (Å²) in [4.78, 5) is 12.6. The summed E-state index contributed by atoms with van der Waals surface area (Å²) in [5.41, 5.74) is 3.30. The van der Waals surface area contributed by atoms with Gasteiger partial charge < -0.3 is 5.32 Å². The van der Waals surface area contributed by atoms with E-state index in [-0.39, 0.29) is 11.3 Å². The molecule has 2 nitrogen and oxygen atoms in total. The average molecular weight is 346 g/mol. The summed E-state index contributed by atoms with van der Waals surface area (Å²) >= 11 is 12.2. The topological polar surface area (TPSA) is 29.1 Å². The van der Waals surface area contributed by atoms with Gasteiger partial charge in [-0.3, -0.25) is 4.79 Å². The van der Waals surface area contributed by atoms with Gasteiger partial charge in [0.15, 0.2) is 5.78 Å². The fourth-order valence-corrected chi connectivity index (χ4v) is 3.33. The summed E-state index contributed by atoms with van der Waals surface area (Å²) in [6, 6.07) is 12.8. The molecular weight excluding hydrogens is 329 g/mol. The summed E-state index contributed by atoms with van der Waals surface area (Å²) in [6.45, 7) is 4.20. The third-order valence-electron chi connectivity index (χ3n) is 3.88. The molecule has 0 atom stereocenters. The van der Waals surface area contributed by atoms with Crippen molar-refractivity contribution < 1.29 is 4.79 Å². The Morgan fingerprint density at radius 2 is 1.91 bits per heavy atom. The predicted octanol–water partition coefficient (Wildman–Crippen LogP) is 5.14. The standard InChI is InChI=1S/C19H17Cl2NO/c1-19(2)11-12-9-13(20)7-8-14(12)17(22-19)10-18(23)15-5-3-4-6-16(15)21/h3-10,22H,11H2,1-2H3/b17-10-. The number of halogens is 2. The van der Waals surface area contributed by atoms with E-state index in [1.54, 1.807) is 18.2 Å². The Balaban J connectivity index is 2.05. The molecule has 0 aliphatic carbocycles. The zero-order valence-corrected chi connectivity index (χ0v) is 14.5. The first-order valence-electron chi connectivity index (χ1n) is 7.43. The Morgan fingerprint density at radius 1 is 1.17 bits per heavy atom. The van der Waals surface area contributed by atoms with Crippen molar-refractivity contribution in [1.82, 2.24) is 5.32 Å². The summed E-state index contributed by atoms with van der Waals surface area (Å²) in [5, 5.41) is 4.61. The number of rotatable bonds is 2. The second-order valence-electron chi connectivity index (χ2n) is 6.39. The van der Waals surface area contributed by atoms with Crippen molar-refractivity contribution in [3.05, 3.63) is 75.3 Å². The Labute approximate surface area is 146 Å². The van der Waals surface area contributed by atoms with Crippen LogP contribution in [0.5, 0.6) is 0 Å². The normalized spacial score (nSPS) is 17.5. The summed E-state index contributed by atoms with van der Waals surface area (Å²) < 4.78 is 0. The van der Waals surface area contributed by atoms with Gasteiger partial charge in [-0.25, -0.2) is 0 Å². The first-order chi connectivity index (χ1) is 10.9. The molecule has 2 aromatic carbocycles. The zero-order chi connectivity index (χ0) is 16.6. The molecule has 0 unspecified atom stereocenters. The van der Waals surface area contributed by atoms with Gasteiger partial charge >= 0.3 is 0 Å². The molecule has 118 valence electrons. The summed E-state index contributed by atoms with van der Waals surface area (Å²) in [7, 11) is 0. The van der Waals surface area contributed by atoms with Crippen LogP contribution in [0.4, 0.5) is 0 Å². The lowest BCUT2D eigenvalue weighted by Gasteiger charge is -2.35. The zero-order valence-electron chi connectivity index (χ0n) is 13.0. The minimum absolute atomic E-state index is 0.114. The molecule has 0 bridgehead atoms. The highest BCUT2D eigenvalue weighted by Crippen LogP contribution is 2.32. The van der Waals surface area contributed by atoms with Crippen LogP contribution in [0.2, 0.25) is 10.0 Å². The van der Waals surface area contributed by atoms with E-state index in [1.165, 1.54) is 0 Å². The van der Waals surface area contributed by atoms with E-state index in [9.17, 15) is 4.79 Å². The molecule has 23 heavy (non-hydrogen) atoms. The molecule has 1 aliphatic rings. The average Bonchev–Trinajstić information content (AvgIpc) is 2.45. The van der Waals surface area contributed by atoms with Crippen LogP contribution < -0.4 is 5.32 Å². The molecule has 1 heterocycles. The van der Waals surface area contributed by atoms with Gasteiger partial charge in [0.2, 0.25) is 0 Å². The number of carbonyl (C=O) groups excluding carboxylic acids is 1. The van der Waals surface area contributed by atoms with E-state index in [0.717, 1.165) is 23.2 Å². The minimum atomic E-state index is -0.149. The molecule has 0 amide bonds. The monoisotopic (exact) mass is 345 g/mol. The first kappa shape index (κ1) is 16.1. The SMILES string of the molecule is CC1(C)Cc2cc(Cl)ccc2/C(=C/C(=O)c2ccccc2Cl)N1. The van der Waals surface area contributed by atoms with Crippen molar-refractivity contribution in [2.45, 2.75) is 25.8 Å². The van der Waals surface area contributed by atoms with Crippen LogP contribution in [0.25, 0.3) is 5.70 Å². The maximum Gasteiger partial charge on any atom is 0.189 e. The van der Waals surface area contributed by atoms with Gasteiger partial charge in [0.05, 0.1) is 5.02 Å². The molecule has 0 radical (unpaired) electrons. The molecule has 0 saturated carbocycles. The number of ketones is 1. The summed E-state index contributed by atoms with van der Waals surface area (Å²) in [6.07, 6.45) is 2.47. The van der Waals surface area contributed by atoms with Crippen LogP contribution in [0.1, 0.15) is 35.3 Å². The Hall–Kier alpha value is -1.77. The Bertz CT molecular complexity index is 809. The second-order valence-corrected chi connectivity index (χ2v) is 7.23. The minimum Gasteiger partial charge on any atom is -0.379 e. The maximum atomic E-state index is 12.6. The highest BCUT2D eigenvalue weighted by Gasteiger charge is 2.28. The van der Waals surface area contributed by atoms with Crippen molar-refractivity contribution in [3.63, 3.8) is 0 Å². The lowest BCUT2D eigenvalue weighted by molar-refractivity contribution is 0.104. The summed E-state index contributed by atoms with van der Waals surface area (Å²) in [5.74, 6) is -0.114. The van der Waals surface area contributed by atoms with E-state index < -0.39 is 0 Å². The smallest absolute Gasteiger partial charge is 0.189 e. The maximum absolute atomic E-state index is 12.6. The van der Waals surface area contributed by atoms with Crippen LogP contribution in [0.3, 0.4) is 0 Å². The molecular formula is C19H17Cl2NO. The van der Waals surface area contributed by atoms with Crippen LogP contribution in [0, 0.1) is 0 Å². The highest BCUT2D eigenvalue weighted by molar-refractivity contribution is 6.34. The van der Waals surface area contributed by atoms with Gasteiger partial charge in [0.25, 0.3) is 0 Å². The molecule has 2 aromatic rings. The van der Waals surface area contributed by atoms with E-state index in [1.807, 2.05) is 30.3 Å². The van der Waals surface area contributed by atoms with Gasteiger partial charge in [0, 0.05) is 33.5 Å². The molecule has 0 fully saturated rings. The molecule has 1 N–H and O–H groups in total. The van der Waals surface area contributed by atoms with Crippen LogP contribution in [-0.4, -0.2) is 11.3 Å². The quantitative estimate of drug-likeness (QED) is 0.602. The Kier molecular flexibility index (Phi) is 4.22. The molecule has 1 aliphatic heterocycles. The fourth-order valence-electron chi connectivity index (χ4n) is 2.91. The molecule has 0 aromatic heterocycles. The van der Waals surface area contributed by atoms with Crippen molar-refractivity contribution in [2.24, 2.45) is 0 Å². The lowest BCUT2D eigenvalue weighted by Crippen LogP contribution is -2.43. The third-order valence-corrected chi connectivity index (χ3v) is 4.44. The largest absolute Gasteiger partial charge is 0.379 e. The van der Waals surface area contributed by atoms with E-state index >= 15 is 0 Å². The predicted molar refractivity (Wildman–Crippen MR) is 96.1 cm³/mol. The van der Waals surface area contributed by atoms with Gasteiger partial charge in [-0.1, -0.05) is 41.4 Å². The van der Waals surface area contributed by atoms with Gasteiger partial charge in [-0.15, -0.1) is 0 Å². The molecule has 0 saturated heterocycles. The number of carbonyl (C=O) groups is 1. The lowest BCUT2D eigenvalue weighted by atomic mass is 9.85. The number of benzene rings is 2. The van der Waals surface area contributed by atoms with Gasteiger partial charge in [0.1, 0.15) is 0 Å². The molecule has 3 rings (SSSR count). The number of hydrogen-bond acceptors (Lipinski definition) is 2. The van der Waals surface area contributed by atoms with E-state index in [0.29, 0.717) is 15.6 Å². The number of hydrogen-bond donors (Lipinski definition) is 1. The van der Waals surface area contributed by atoms with Crippen molar-refractivity contribution in [2.75, 3.05) is 0 Å². The fraction of sp³-hybridized carbons (Fsp3) is 0.211. The van der Waals surface area contributed by atoms with Crippen LogP contribution in [0.15, 0.2) is 48.5 Å². The van der Waals surface area contributed by atoms with E-state index in [4.69, 9.17) is 23.2 Å².